The van der Waals surface area contributed by atoms with E-state index in [4.69, 9.17) is 5.11 Å². The summed E-state index contributed by atoms with van der Waals surface area (Å²) in [6.07, 6.45) is 1.80. The first kappa shape index (κ1) is 13.3. The van der Waals surface area contributed by atoms with Crippen molar-refractivity contribution in [3.8, 4) is 10.6 Å². The first-order valence-corrected chi connectivity index (χ1v) is 7.02. The topological polar surface area (TPSA) is 66.0 Å². The molecule has 18 heavy (non-hydrogen) atoms. The molecule has 0 aliphatic heterocycles. The van der Waals surface area contributed by atoms with Gasteiger partial charge in [-0.1, -0.05) is 13.8 Å². The van der Waals surface area contributed by atoms with Crippen molar-refractivity contribution in [1.29, 1.82) is 0 Å². The molecular formula is C12H13BrN2O2S. The molecular weight excluding hydrogens is 316 g/mol. The number of nitrogens with one attached hydrogen (secondary N) is 1. The predicted molar refractivity (Wildman–Crippen MR) is 74.9 cm³/mol. The highest BCUT2D eigenvalue weighted by atomic mass is 79.9. The van der Waals surface area contributed by atoms with Gasteiger partial charge in [-0.05, 0) is 28.1 Å². The van der Waals surface area contributed by atoms with Crippen LogP contribution in [0.25, 0.3) is 10.6 Å². The number of aliphatic carboxylic acids is 1. The van der Waals surface area contributed by atoms with E-state index >= 15 is 0 Å². The Bertz CT molecular complexity index is 574. The Kier molecular flexibility index (Phi) is 3.59. The molecule has 0 aliphatic rings. The zero-order valence-electron chi connectivity index (χ0n) is 10.0. The van der Waals surface area contributed by atoms with Gasteiger partial charge in [0.2, 0.25) is 0 Å². The Morgan fingerprint density at radius 1 is 1.56 bits per heavy atom. The largest absolute Gasteiger partial charge is 0.481 e. The number of halogens is 1. The number of carbonyl (C=O) groups is 1. The molecule has 0 fully saturated rings. The number of H-pyrrole nitrogens is 1. The van der Waals surface area contributed by atoms with Crippen molar-refractivity contribution in [2.24, 2.45) is 0 Å². The van der Waals surface area contributed by atoms with Crippen LogP contribution in [0.2, 0.25) is 0 Å². The average Bonchev–Trinajstić information content (AvgIpc) is 2.83. The zero-order valence-corrected chi connectivity index (χ0v) is 12.4. The number of thiophene rings is 1. The number of aromatic nitrogens is 2. The number of imidazole rings is 1. The van der Waals surface area contributed by atoms with Gasteiger partial charge in [-0.25, -0.2) is 4.98 Å². The summed E-state index contributed by atoms with van der Waals surface area (Å²) >= 11 is 5.02. The van der Waals surface area contributed by atoms with Gasteiger partial charge >= 0.3 is 5.97 Å². The standard InChI is InChI=1S/C12H13BrN2O2S/c1-12(2,5-10(16)17)11-14-6-7(15-11)8-3-4-9(13)18-8/h3-4,6H,5H2,1-2H3,(H,14,15)(H,16,17). The van der Waals surface area contributed by atoms with E-state index in [9.17, 15) is 4.79 Å². The minimum absolute atomic E-state index is 0.0497. The Morgan fingerprint density at radius 3 is 2.83 bits per heavy atom. The van der Waals surface area contributed by atoms with Gasteiger partial charge in [-0.15, -0.1) is 11.3 Å². The van der Waals surface area contributed by atoms with E-state index in [-0.39, 0.29) is 6.42 Å². The number of carboxylic acid groups (broad SMARTS) is 1. The molecule has 0 bridgehead atoms. The van der Waals surface area contributed by atoms with Crippen LogP contribution < -0.4 is 0 Å². The Hall–Kier alpha value is -1.14. The maximum Gasteiger partial charge on any atom is 0.304 e. The van der Waals surface area contributed by atoms with Crippen molar-refractivity contribution in [2.45, 2.75) is 25.7 Å². The van der Waals surface area contributed by atoms with Crippen LogP contribution >= 0.6 is 27.3 Å². The molecule has 0 radical (unpaired) electrons. The number of rotatable bonds is 4. The van der Waals surface area contributed by atoms with Crippen molar-refractivity contribution in [1.82, 2.24) is 9.97 Å². The lowest BCUT2D eigenvalue weighted by Gasteiger charge is -2.19. The summed E-state index contributed by atoms with van der Waals surface area (Å²) in [4.78, 5) is 19.4. The molecule has 0 saturated heterocycles. The third-order valence-electron chi connectivity index (χ3n) is 2.65. The fourth-order valence-electron chi connectivity index (χ4n) is 1.71. The summed E-state index contributed by atoms with van der Waals surface area (Å²) in [5, 5.41) is 8.89. The van der Waals surface area contributed by atoms with Gasteiger partial charge in [0.15, 0.2) is 0 Å². The molecule has 2 heterocycles. The number of nitrogens with zero attached hydrogens (tertiary/aromatic N) is 1. The van der Waals surface area contributed by atoms with Gasteiger partial charge in [0, 0.05) is 5.41 Å². The van der Waals surface area contributed by atoms with Crippen LogP contribution in [-0.2, 0) is 10.2 Å². The maximum atomic E-state index is 10.8. The van der Waals surface area contributed by atoms with Gasteiger partial charge in [0.05, 0.1) is 27.0 Å². The van der Waals surface area contributed by atoms with Crippen LogP contribution in [0.1, 0.15) is 26.1 Å². The molecule has 0 aromatic carbocycles. The van der Waals surface area contributed by atoms with Gasteiger partial charge in [-0.3, -0.25) is 4.79 Å². The summed E-state index contributed by atoms with van der Waals surface area (Å²) in [5.41, 5.74) is 0.414. The summed E-state index contributed by atoms with van der Waals surface area (Å²) in [7, 11) is 0. The Balaban J connectivity index is 2.27. The number of hydrogen-bond donors (Lipinski definition) is 2. The molecule has 6 heteroatoms. The Morgan fingerprint density at radius 2 is 2.28 bits per heavy atom. The normalized spacial score (nSPS) is 11.7. The van der Waals surface area contributed by atoms with E-state index in [1.54, 1.807) is 17.5 Å². The highest BCUT2D eigenvalue weighted by molar-refractivity contribution is 9.11. The summed E-state index contributed by atoms with van der Waals surface area (Å²) < 4.78 is 1.05. The fourth-order valence-corrected chi connectivity index (χ4v) is 3.06. The van der Waals surface area contributed by atoms with Gasteiger partial charge < -0.3 is 10.1 Å². The molecule has 96 valence electrons. The number of hydrogen-bond acceptors (Lipinski definition) is 3. The maximum absolute atomic E-state index is 10.8. The number of aromatic amines is 1. The molecule has 0 amide bonds. The predicted octanol–water partition coefficient (Wildman–Crippen LogP) is 3.65. The molecule has 0 atom stereocenters. The van der Waals surface area contributed by atoms with Crippen molar-refractivity contribution in [3.05, 3.63) is 27.9 Å². The van der Waals surface area contributed by atoms with Crippen LogP contribution in [0, 0.1) is 0 Å². The fraction of sp³-hybridized carbons (Fsp3) is 0.333. The van der Waals surface area contributed by atoms with Gasteiger partial charge in [0.25, 0.3) is 0 Å². The lowest BCUT2D eigenvalue weighted by Crippen LogP contribution is -2.23. The van der Waals surface area contributed by atoms with Crippen LogP contribution in [0.5, 0.6) is 0 Å². The average molecular weight is 329 g/mol. The summed E-state index contributed by atoms with van der Waals surface area (Å²) in [6, 6.07) is 3.97. The van der Waals surface area contributed by atoms with E-state index in [1.165, 1.54) is 0 Å². The van der Waals surface area contributed by atoms with Gasteiger partial charge in [-0.2, -0.15) is 0 Å². The monoisotopic (exact) mass is 328 g/mol. The highest BCUT2D eigenvalue weighted by Crippen LogP contribution is 2.32. The lowest BCUT2D eigenvalue weighted by atomic mass is 9.88. The van der Waals surface area contributed by atoms with Crippen molar-refractivity contribution >= 4 is 33.2 Å². The van der Waals surface area contributed by atoms with E-state index in [0.717, 1.165) is 14.4 Å². The smallest absolute Gasteiger partial charge is 0.304 e. The lowest BCUT2D eigenvalue weighted by molar-refractivity contribution is -0.138. The minimum Gasteiger partial charge on any atom is -0.481 e. The van der Waals surface area contributed by atoms with Crippen molar-refractivity contribution in [2.75, 3.05) is 0 Å². The first-order valence-electron chi connectivity index (χ1n) is 5.41. The van der Waals surface area contributed by atoms with Crippen molar-refractivity contribution in [3.63, 3.8) is 0 Å². The third-order valence-corrected chi connectivity index (χ3v) is 4.31. The molecule has 0 aliphatic carbocycles. The minimum atomic E-state index is -0.822. The van der Waals surface area contributed by atoms with Gasteiger partial charge in [0.1, 0.15) is 5.82 Å². The Labute approximate surface area is 117 Å². The zero-order chi connectivity index (χ0) is 13.3. The second kappa shape index (κ2) is 4.85. The highest BCUT2D eigenvalue weighted by Gasteiger charge is 2.27. The van der Waals surface area contributed by atoms with Crippen LogP contribution in [-0.4, -0.2) is 21.0 Å². The molecule has 2 aromatic heterocycles. The molecule has 2 rings (SSSR count). The second-order valence-corrected chi connectivity index (χ2v) is 7.17. The van der Waals surface area contributed by atoms with Crippen LogP contribution in [0.4, 0.5) is 0 Å². The second-order valence-electron chi connectivity index (χ2n) is 4.70. The SMILES string of the molecule is CC(C)(CC(=O)O)c1ncc(-c2ccc(Br)s2)[nH]1. The molecule has 4 nitrogen and oxygen atoms in total. The molecule has 2 aromatic rings. The first-order chi connectivity index (χ1) is 8.38. The van der Waals surface area contributed by atoms with Crippen molar-refractivity contribution < 1.29 is 9.90 Å². The van der Waals surface area contributed by atoms with Crippen LogP contribution in [0.15, 0.2) is 22.1 Å². The van der Waals surface area contributed by atoms with E-state index in [0.29, 0.717) is 5.82 Å². The quantitative estimate of drug-likeness (QED) is 0.900. The van der Waals surface area contributed by atoms with E-state index in [1.807, 2.05) is 26.0 Å². The molecule has 0 spiro atoms. The summed E-state index contributed by atoms with van der Waals surface area (Å²) in [6.45, 7) is 3.74. The molecule has 0 saturated carbocycles. The van der Waals surface area contributed by atoms with Crippen LogP contribution in [0.3, 0.4) is 0 Å². The molecule has 2 N–H and O–H groups in total. The number of carboxylic acids is 1. The van der Waals surface area contributed by atoms with E-state index in [2.05, 4.69) is 25.9 Å². The summed E-state index contributed by atoms with van der Waals surface area (Å²) in [5.74, 6) is -0.124. The molecule has 0 unspecified atom stereocenters. The third kappa shape index (κ3) is 2.81. The van der Waals surface area contributed by atoms with E-state index < -0.39 is 11.4 Å².